The maximum atomic E-state index is 4.46. The minimum atomic E-state index is 0.855. The average Bonchev–Trinajstić information content (AvgIpc) is 2.45. The summed E-state index contributed by atoms with van der Waals surface area (Å²) in [6, 6.07) is 8.30. The van der Waals surface area contributed by atoms with E-state index in [2.05, 4.69) is 38.0 Å². The molecule has 3 heteroatoms. The van der Waals surface area contributed by atoms with E-state index in [1.54, 1.807) is 0 Å². The van der Waals surface area contributed by atoms with E-state index in [1.165, 1.54) is 5.56 Å². The Balaban J connectivity index is 2.22. The standard InChI is InChI=1S/C12H13BrN2/c1-8-9(2)15-12(14-8)7-10-4-3-5-11(13)6-10/h3-6H,7H2,1-2H3,(H,14,15). The van der Waals surface area contributed by atoms with Crippen LogP contribution < -0.4 is 0 Å². The van der Waals surface area contributed by atoms with Gasteiger partial charge < -0.3 is 4.98 Å². The van der Waals surface area contributed by atoms with Crippen LogP contribution in [0.15, 0.2) is 28.7 Å². The fraction of sp³-hybridized carbons (Fsp3) is 0.250. The quantitative estimate of drug-likeness (QED) is 0.885. The third-order valence-electron chi connectivity index (χ3n) is 2.44. The minimum absolute atomic E-state index is 0.855. The number of imidazole rings is 1. The molecule has 78 valence electrons. The summed E-state index contributed by atoms with van der Waals surface area (Å²) < 4.78 is 1.11. The van der Waals surface area contributed by atoms with Gasteiger partial charge in [0.2, 0.25) is 0 Å². The molecule has 0 aliphatic heterocycles. The van der Waals surface area contributed by atoms with Gasteiger partial charge in [-0.05, 0) is 31.5 Å². The molecule has 2 rings (SSSR count). The Kier molecular flexibility index (Phi) is 2.91. The largest absolute Gasteiger partial charge is 0.346 e. The van der Waals surface area contributed by atoms with Crippen LogP contribution in [0.25, 0.3) is 0 Å². The summed E-state index contributed by atoms with van der Waals surface area (Å²) in [4.78, 5) is 7.75. The van der Waals surface area contributed by atoms with Crippen LogP contribution in [0, 0.1) is 13.8 Å². The predicted molar refractivity (Wildman–Crippen MR) is 65.0 cm³/mol. The summed E-state index contributed by atoms with van der Waals surface area (Å²) in [6.07, 6.45) is 0.855. The molecule has 0 spiro atoms. The molecule has 0 amide bonds. The van der Waals surface area contributed by atoms with Crippen molar-refractivity contribution >= 4 is 15.9 Å². The van der Waals surface area contributed by atoms with Crippen LogP contribution in [-0.4, -0.2) is 9.97 Å². The van der Waals surface area contributed by atoms with Gasteiger partial charge >= 0.3 is 0 Å². The van der Waals surface area contributed by atoms with Crippen molar-refractivity contribution in [2.24, 2.45) is 0 Å². The number of aromatic nitrogens is 2. The molecule has 0 atom stereocenters. The van der Waals surface area contributed by atoms with Crippen molar-refractivity contribution in [1.29, 1.82) is 0 Å². The summed E-state index contributed by atoms with van der Waals surface area (Å²) >= 11 is 3.46. The second-order valence-electron chi connectivity index (χ2n) is 3.70. The minimum Gasteiger partial charge on any atom is -0.346 e. The molecular formula is C12H13BrN2. The van der Waals surface area contributed by atoms with Crippen LogP contribution in [0.3, 0.4) is 0 Å². The number of aromatic amines is 1. The number of nitrogens with zero attached hydrogens (tertiary/aromatic N) is 1. The Morgan fingerprint density at radius 1 is 1.33 bits per heavy atom. The first-order valence-electron chi connectivity index (χ1n) is 4.91. The predicted octanol–water partition coefficient (Wildman–Crippen LogP) is 3.38. The van der Waals surface area contributed by atoms with Gasteiger partial charge in [0.25, 0.3) is 0 Å². The zero-order valence-corrected chi connectivity index (χ0v) is 10.4. The van der Waals surface area contributed by atoms with Crippen molar-refractivity contribution in [1.82, 2.24) is 9.97 Å². The third kappa shape index (κ3) is 2.48. The number of nitrogens with one attached hydrogen (secondary N) is 1. The Labute approximate surface area is 97.9 Å². The van der Waals surface area contributed by atoms with Gasteiger partial charge in [-0.2, -0.15) is 0 Å². The molecule has 2 aromatic rings. The number of aryl methyl sites for hydroxylation is 2. The van der Waals surface area contributed by atoms with E-state index in [0.717, 1.165) is 28.1 Å². The fourth-order valence-electron chi connectivity index (χ4n) is 1.55. The summed E-state index contributed by atoms with van der Waals surface area (Å²) in [5.74, 6) is 1.03. The van der Waals surface area contributed by atoms with Crippen molar-refractivity contribution in [3.63, 3.8) is 0 Å². The molecule has 1 aromatic heterocycles. The van der Waals surface area contributed by atoms with Crippen molar-refractivity contribution in [3.05, 3.63) is 51.5 Å². The molecule has 0 aliphatic carbocycles. The van der Waals surface area contributed by atoms with Crippen LogP contribution in [0.2, 0.25) is 0 Å². The highest BCUT2D eigenvalue weighted by Gasteiger charge is 2.03. The van der Waals surface area contributed by atoms with E-state index < -0.39 is 0 Å². The van der Waals surface area contributed by atoms with Gasteiger partial charge in [-0.25, -0.2) is 4.98 Å². The molecule has 0 bridgehead atoms. The molecule has 1 N–H and O–H groups in total. The summed E-state index contributed by atoms with van der Waals surface area (Å²) in [5, 5.41) is 0. The van der Waals surface area contributed by atoms with Crippen LogP contribution in [0.5, 0.6) is 0 Å². The number of hydrogen-bond donors (Lipinski definition) is 1. The summed E-state index contributed by atoms with van der Waals surface area (Å²) in [6.45, 7) is 4.07. The lowest BCUT2D eigenvalue weighted by Gasteiger charge is -1.98. The van der Waals surface area contributed by atoms with Gasteiger partial charge in [0.15, 0.2) is 0 Å². The Morgan fingerprint density at radius 2 is 2.13 bits per heavy atom. The van der Waals surface area contributed by atoms with Crippen LogP contribution in [0.4, 0.5) is 0 Å². The van der Waals surface area contributed by atoms with E-state index in [4.69, 9.17) is 0 Å². The molecule has 15 heavy (non-hydrogen) atoms. The Hall–Kier alpha value is -1.09. The molecule has 0 saturated heterocycles. The average molecular weight is 265 g/mol. The lowest BCUT2D eigenvalue weighted by Crippen LogP contribution is -1.90. The van der Waals surface area contributed by atoms with Crippen LogP contribution >= 0.6 is 15.9 Å². The highest BCUT2D eigenvalue weighted by molar-refractivity contribution is 9.10. The smallest absolute Gasteiger partial charge is 0.110 e. The zero-order valence-electron chi connectivity index (χ0n) is 8.84. The number of hydrogen-bond acceptors (Lipinski definition) is 1. The Morgan fingerprint density at radius 3 is 2.73 bits per heavy atom. The molecule has 0 fully saturated rings. The maximum Gasteiger partial charge on any atom is 0.110 e. The lowest BCUT2D eigenvalue weighted by atomic mass is 10.1. The van der Waals surface area contributed by atoms with E-state index >= 15 is 0 Å². The van der Waals surface area contributed by atoms with Crippen molar-refractivity contribution in [3.8, 4) is 0 Å². The second kappa shape index (κ2) is 4.19. The summed E-state index contributed by atoms with van der Waals surface area (Å²) in [7, 11) is 0. The molecular weight excluding hydrogens is 252 g/mol. The van der Waals surface area contributed by atoms with Gasteiger partial charge in [-0.1, -0.05) is 28.1 Å². The lowest BCUT2D eigenvalue weighted by molar-refractivity contribution is 1.01. The zero-order chi connectivity index (χ0) is 10.8. The first-order valence-corrected chi connectivity index (χ1v) is 5.71. The highest BCUT2D eigenvalue weighted by Crippen LogP contribution is 2.14. The molecule has 0 saturated carbocycles. The van der Waals surface area contributed by atoms with E-state index in [-0.39, 0.29) is 0 Å². The molecule has 1 heterocycles. The Bertz CT molecular complexity index is 455. The number of halogens is 1. The van der Waals surface area contributed by atoms with Gasteiger partial charge in [0.1, 0.15) is 5.82 Å². The molecule has 0 radical (unpaired) electrons. The normalized spacial score (nSPS) is 10.6. The van der Waals surface area contributed by atoms with Crippen LogP contribution in [0.1, 0.15) is 22.8 Å². The first-order chi connectivity index (χ1) is 7.15. The third-order valence-corrected chi connectivity index (χ3v) is 2.93. The van der Waals surface area contributed by atoms with E-state index in [0.29, 0.717) is 0 Å². The number of benzene rings is 1. The molecule has 0 unspecified atom stereocenters. The first kappa shape index (κ1) is 10.4. The maximum absolute atomic E-state index is 4.46. The second-order valence-corrected chi connectivity index (χ2v) is 4.62. The SMILES string of the molecule is Cc1nc(Cc2cccc(Br)c2)[nH]c1C. The van der Waals surface area contributed by atoms with Gasteiger partial charge in [0.05, 0.1) is 5.69 Å². The number of rotatable bonds is 2. The highest BCUT2D eigenvalue weighted by atomic mass is 79.9. The van der Waals surface area contributed by atoms with Crippen molar-refractivity contribution in [2.75, 3.05) is 0 Å². The summed E-state index contributed by atoms with van der Waals surface area (Å²) in [5.41, 5.74) is 3.50. The van der Waals surface area contributed by atoms with Crippen molar-refractivity contribution in [2.45, 2.75) is 20.3 Å². The number of H-pyrrole nitrogens is 1. The molecule has 0 aliphatic rings. The van der Waals surface area contributed by atoms with E-state index in [9.17, 15) is 0 Å². The fourth-order valence-corrected chi connectivity index (χ4v) is 1.99. The topological polar surface area (TPSA) is 28.7 Å². The van der Waals surface area contributed by atoms with Gasteiger partial charge in [0, 0.05) is 16.6 Å². The van der Waals surface area contributed by atoms with Crippen molar-refractivity contribution < 1.29 is 0 Å². The van der Waals surface area contributed by atoms with Gasteiger partial charge in [-0.3, -0.25) is 0 Å². The van der Waals surface area contributed by atoms with Gasteiger partial charge in [-0.15, -0.1) is 0 Å². The molecule has 1 aromatic carbocycles. The van der Waals surface area contributed by atoms with E-state index in [1.807, 2.05) is 26.0 Å². The monoisotopic (exact) mass is 264 g/mol. The van der Waals surface area contributed by atoms with Crippen LogP contribution in [-0.2, 0) is 6.42 Å². The molecule has 2 nitrogen and oxygen atoms in total.